The summed E-state index contributed by atoms with van der Waals surface area (Å²) in [5, 5.41) is 9.25. The summed E-state index contributed by atoms with van der Waals surface area (Å²) in [6.07, 6.45) is 0. The van der Waals surface area contributed by atoms with Crippen LogP contribution in [-0.4, -0.2) is 22.6 Å². The Morgan fingerprint density at radius 2 is 2.64 bits per heavy atom. The smallest absolute Gasteiger partial charge is 0.282 e. The zero-order valence-corrected chi connectivity index (χ0v) is 7.51. The van der Waals surface area contributed by atoms with Crippen LogP contribution in [0.15, 0.2) is 0 Å². The fourth-order valence-corrected chi connectivity index (χ4v) is 1.37. The number of hydrogen-bond donors (Lipinski definition) is 2. The molecule has 0 spiro atoms. The predicted molar refractivity (Wildman–Crippen MR) is 45.3 cm³/mol. The summed E-state index contributed by atoms with van der Waals surface area (Å²) >= 11 is 5.93. The van der Waals surface area contributed by atoms with E-state index in [0.717, 1.165) is 0 Å². The molecule has 0 saturated carbocycles. The fourth-order valence-electron chi connectivity index (χ4n) is 0.563. The number of nitrogens with zero attached hydrogens (tertiary/aromatic N) is 1. The fraction of sp³-hybridized carbons (Fsp3) is 0.400. The minimum absolute atomic E-state index is 0.176. The minimum Gasteiger partial charge on any atom is -0.350 e. The van der Waals surface area contributed by atoms with E-state index in [1.54, 1.807) is 0 Å². The SMILES string of the molecule is CCNC(=O)c1n[nH]c(=S)s1. The number of carbonyl (C=O) groups excluding carboxylic acids is 1. The van der Waals surface area contributed by atoms with Crippen LogP contribution < -0.4 is 5.32 Å². The molecule has 1 heterocycles. The molecule has 0 bridgehead atoms. The van der Waals surface area contributed by atoms with Crippen LogP contribution in [0.25, 0.3) is 0 Å². The largest absolute Gasteiger partial charge is 0.350 e. The Morgan fingerprint density at radius 3 is 3.09 bits per heavy atom. The Balaban J connectivity index is 2.76. The van der Waals surface area contributed by atoms with E-state index < -0.39 is 0 Å². The minimum atomic E-state index is -0.176. The molecular formula is C5H7N3OS2. The van der Waals surface area contributed by atoms with Crippen molar-refractivity contribution < 1.29 is 4.79 Å². The Bertz CT molecular complexity index is 303. The molecule has 2 N–H and O–H groups in total. The number of H-pyrrole nitrogens is 1. The summed E-state index contributed by atoms with van der Waals surface area (Å²) in [5.74, 6) is -0.176. The Hall–Kier alpha value is -0.750. The van der Waals surface area contributed by atoms with Crippen molar-refractivity contribution in [3.8, 4) is 0 Å². The second kappa shape index (κ2) is 3.59. The second-order valence-corrected chi connectivity index (χ2v) is 3.44. The number of hydrogen-bond acceptors (Lipinski definition) is 4. The molecule has 0 atom stereocenters. The number of amides is 1. The van der Waals surface area contributed by atoms with Crippen molar-refractivity contribution in [2.24, 2.45) is 0 Å². The van der Waals surface area contributed by atoms with Crippen molar-refractivity contribution in [3.05, 3.63) is 8.96 Å². The maximum atomic E-state index is 11.0. The van der Waals surface area contributed by atoms with Crippen molar-refractivity contribution in [1.29, 1.82) is 0 Å². The van der Waals surface area contributed by atoms with E-state index in [-0.39, 0.29) is 5.91 Å². The summed E-state index contributed by atoms with van der Waals surface area (Å²) in [4.78, 5) is 11.0. The normalized spacial score (nSPS) is 9.55. The molecule has 0 fully saturated rings. The molecule has 60 valence electrons. The molecule has 0 unspecified atom stereocenters. The Kier molecular flexibility index (Phi) is 2.72. The van der Waals surface area contributed by atoms with Crippen LogP contribution in [0.3, 0.4) is 0 Å². The highest BCUT2D eigenvalue weighted by Gasteiger charge is 2.06. The lowest BCUT2D eigenvalue weighted by atomic mass is 10.6. The Morgan fingerprint density at radius 1 is 1.91 bits per heavy atom. The van der Waals surface area contributed by atoms with Crippen LogP contribution in [0.2, 0.25) is 0 Å². The number of carbonyl (C=O) groups is 1. The predicted octanol–water partition coefficient (Wildman–Crippen LogP) is 0.950. The van der Waals surface area contributed by atoms with Gasteiger partial charge in [0, 0.05) is 6.54 Å². The molecule has 1 aromatic rings. The topological polar surface area (TPSA) is 57.8 Å². The quantitative estimate of drug-likeness (QED) is 0.681. The summed E-state index contributed by atoms with van der Waals surface area (Å²) in [5.41, 5.74) is 0. The van der Waals surface area contributed by atoms with Gasteiger partial charge in [0.25, 0.3) is 5.91 Å². The third-order valence-corrected chi connectivity index (χ3v) is 2.06. The van der Waals surface area contributed by atoms with Crippen LogP contribution >= 0.6 is 23.6 Å². The summed E-state index contributed by atoms with van der Waals surface area (Å²) < 4.78 is 0.520. The first-order valence-corrected chi connectivity index (χ1v) is 4.30. The molecule has 0 aliphatic heterocycles. The van der Waals surface area contributed by atoms with Gasteiger partial charge in [-0.25, -0.2) is 0 Å². The number of aromatic amines is 1. The van der Waals surface area contributed by atoms with Gasteiger partial charge in [-0.3, -0.25) is 9.89 Å². The molecule has 1 amide bonds. The van der Waals surface area contributed by atoms with E-state index in [2.05, 4.69) is 15.5 Å². The van der Waals surface area contributed by atoms with Crippen LogP contribution in [0.4, 0.5) is 0 Å². The van der Waals surface area contributed by atoms with E-state index in [0.29, 0.717) is 15.5 Å². The summed E-state index contributed by atoms with van der Waals surface area (Å²) in [6, 6.07) is 0. The molecule has 1 aromatic heterocycles. The zero-order valence-electron chi connectivity index (χ0n) is 5.88. The average Bonchev–Trinajstić information content (AvgIpc) is 2.36. The highest BCUT2D eigenvalue weighted by Crippen LogP contribution is 2.03. The van der Waals surface area contributed by atoms with Gasteiger partial charge in [-0.05, 0) is 19.1 Å². The van der Waals surface area contributed by atoms with Gasteiger partial charge in [-0.1, -0.05) is 11.3 Å². The zero-order chi connectivity index (χ0) is 8.27. The molecule has 6 heteroatoms. The number of rotatable bonds is 2. The lowest BCUT2D eigenvalue weighted by Gasteiger charge is -1.93. The summed E-state index contributed by atoms with van der Waals surface area (Å²) in [7, 11) is 0. The van der Waals surface area contributed by atoms with Crippen LogP contribution in [0, 0.1) is 3.95 Å². The monoisotopic (exact) mass is 189 g/mol. The van der Waals surface area contributed by atoms with Gasteiger partial charge in [0.15, 0.2) is 3.95 Å². The average molecular weight is 189 g/mol. The van der Waals surface area contributed by atoms with E-state index in [1.807, 2.05) is 6.92 Å². The Labute approximate surface area is 72.6 Å². The van der Waals surface area contributed by atoms with Crippen molar-refractivity contribution in [3.63, 3.8) is 0 Å². The van der Waals surface area contributed by atoms with Gasteiger partial charge >= 0.3 is 0 Å². The lowest BCUT2D eigenvalue weighted by Crippen LogP contribution is -2.22. The summed E-state index contributed by atoms with van der Waals surface area (Å²) in [6.45, 7) is 2.45. The molecule has 0 radical (unpaired) electrons. The van der Waals surface area contributed by atoms with Gasteiger partial charge in [0.05, 0.1) is 0 Å². The highest BCUT2D eigenvalue weighted by atomic mass is 32.1. The van der Waals surface area contributed by atoms with Crippen molar-refractivity contribution >= 4 is 29.5 Å². The van der Waals surface area contributed by atoms with E-state index in [4.69, 9.17) is 12.2 Å². The van der Waals surface area contributed by atoms with Gasteiger partial charge < -0.3 is 5.32 Å². The first kappa shape index (κ1) is 8.35. The number of nitrogens with one attached hydrogen (secondary N) is 2. The van der Waals surface area contributed by atoms with Gasteiger partial charge in [0.2, 0.25) is 5.01 Å². The van der Waals surface area contributed by atoms with E-state index in [9.17, 15) is 4.79 Å². The van der Waals surface area contributed by atoms with Crippen LogP contribution in [-0.2, 0) is 0 Å². The highest BCUT2D eigenvalue weighted by molar-refractivity contribution is 7.73. The van der Waals surface area contributed by atoms with Crippen LogP contribution in [0.1, 0.15) is 16.7 Å². The van der Waals surface area contributed by atoms with Crippen LogP contribution in [0.5, 0.6) is 0 Å². The first-order chi connectivity index (χ1) is 5.24. The molecular weight excluding hydrogens is 182 g/mol. The number of aromatic nitrogens is 2. The lowest BCUT2D eigenvalue weighted by molar-refractivity contribution is 0.0954. The van der Waals surface area contributed by atoms with Crippen molar-refractivity contribution in [1.82, 2.24) is 15.5 Å². The van der Waals surface area contributed by atoms with Crippen molar-refractivity contribution in [2.45, 2.75) is 6.92 Å². The molecule has 0 aliphatic carbocycles. The second-order valence-electron chi connectivity index (χ2n) is 1.78. The molecule has 0 aromatic carbocycles. The molecule has 4 nitrogen and oxygen atoms in total. The molecule has 11 heavy (non-hydrogen) atoms. The van der Waals surface area contributed by atoms with E-state index >= 15 is 0 Å². The third kappa shape index (κ3) is 2.09. The maximum Gasteiger partial charge on any atom is 0.282 e. The van der Waals surface area contributed by atoms with E-state index in [1.165, 1.54) is 11.3 Å². The molecule has 1 rings (SSSR count). The third-order valence-electron chi connectivity index (χ3n) is 0.970. The first-order valence-electron chi connectivity index (χ1n) is 3.07. The standard InChI is InChI=1S/C5H7N3OS2/c1-2-6-3(9)4-7-8-5(10)11-4/h2H2,1H3,(H,6,9)(H,8,10). The van der Waals surface area contributed by atoms with Crippen molar-refractivity contribution in [2.75, 3.05) is 6.54 Å². The molecule has 0 saturated heterocycles. The maximum absolute atomic E-state index is 11.0. The van der Waals surface area contributed by atoms with Gasteiger partial charge in [0.1, 0.15) is 0 Å². The van der Waals surface area contributed by atoms with Gasteiger partial charge in [-0.2, -0.15) is 5.10 Å². The van der Waals surface area contributed by atoms with Gasteiger partial charge in [-0.15, -0.1) is 0 Å². The molecule has 0 aliphatic rings.